The molecule has 0 bridgehead atoms. The van der Waals surface area contributed by atoms with E-state index in [0.29, 0.717) is 19.7 Å². The normalized spacial score (nSPS) is 14.7. The average molecular weight is 594 g/mol. The minimum atomic E-state index is -4.27. The van der Waals surface area contributed by atoms with Gasteiger partial charge in [-0.25, -0.2) is 17.9 Å². The molecule has 1 unspecified atom stereocenters. The zero-order valence-corrected chi connectivity index (χ0v) is 24.9. The minimum absolute atomic E-state index is 0.0516. The molecule has 0 spiro atoms. The zero-order valence-electron chi connectivity index (χ0n) is 24.1. The number of sulfonamides is 1. The second-order valence-corrected chi connectivity index (χ2v) is 12.7. The number of ether oxygens (including phenoxy) is 2. The van der Waals surface area contributed by atoms with Crippen molar-refractivity contribution in [3.8, 4) is 0 Å². The molecule has 3 aromatic rings. The Hall–Kier alpha value is -3.73. The molecule has 1 fully saturated rings. The summed E-state index contributed by atoms with van der Waals surface area (Å²) in [6.45, 7) is 5.50. The minimum Gasteiger partial charge on any atom is -0.376 e. The molecule has 1 aliphatic rings. The predicted molar refractivity (Wildman–Crippen MR) is 161 cm³/mol. The molecule has 0 saturated carbocycles. The first-order valence-electron chi connectivity index (χ1n) is 14.1. The molecule has 10 heteroatoms. The van der Waals surface area contributed by atoms with Gasteiger partial charge in [0.05, 0.1) is 25.5 Å². The molecule has 1 atom stereocenters. The Kier molecular flexibility index (Phi) is 10.7. The number of piperidine rings is 1. The van der Waals surface area contributed by atoms with Gasteiger partial charge in [-0.05, 0) is 42.5 Å². The van der Waals surface area contributed by atoms with E-state index in [9.17, 15) is 18.0 Å². The number of amides is 3. The molecule has 1 saturated heterocycles. The Morgan fingerprint density at radius 2 is 1.40 bits per heavy atom. The van der Waals surface area contributed by atoms with Gasteiger partial charge in [0.15, 0.2) is 0 Å². The highest BCUT2D eigenvalue weighted by Crippen LogP contribution is 2.29. The molecule has 3 amide bonds. The quantitative estimate of drug-likeness (QED) is 0.293. The van der Waals surface area contributed by atoms with Crippen LogP contribution in [-0.2, 0) is 37.5 Å². The van der Waals surface area contributed by atoms with Gasteiger partial charge in [-0.1, -0.05) is 86.6 Å². The Morgan fingerprint density at radius 1 is 0.833 bits per heavy atom. The van der Waals surface area contributed by atoms with E-state index in [0.717, 1.165) is 30.4 Å². The first kappa shape index (κ1) is 31.2. The number of anilines is 1. The molecule has 4 rings (SSSR count). The number of benzene rings is 3. The van der Waals surface area contributed by atoms with Gasteiger partial charge in [0.2, 0.25) is 0 Å². The first-order valence-corrected chi connectivity index (χ1v) is 15.6. The number of urea groups is 1. The summed E-state index contributed by atoms with van der Waals surface area (Å²) in [6.07, 6.45) is 1.67. The standard InChI is InChI=1S/C32H39N3O6S/c1-32(2,24-40-22-25-14-6-3-7-15-25)29(41-23-26-16-8-4-9-17-26)30(36)33-27-18-10-11-19-28(27)42(38,39)34-31(37)35-20-12-5-13-21-35/h3-4,6-11,14-19,29H,5,12-13,20-24H2,1-2H3,(H,33,36)(H,34,37). The van der Waals surface area contributed by atoms with Crippen LogP contribution in [0.3, 0.4) is 0 Å². The maximum Gasteiger partial charge on any atom is 0.331 e. The van der Waals surface area contributed by atoms with Gasteiger partial charge in [-0.15, -0.1) is 0 Å². The molecule has 0 radical (unpaired) electrons. The van der Waals surface area contributed by atoms with Gasteiger partial charge < -0.3 is 19.7 Å². The lowest BCUT2D eigenvalue weighted by atomic mass is 9.86. The first-order chi connectivity index (χ1) is 20.2. The van der Waals surface area contributed by atoms with E-state index >= 15 is 0 Å². The predicted octanol–water partition coefficient (Wildman–Crippen LogP) is 5.34. The number of likely N-dealkylation sites (tertiary alicyclic amines) is 1. The van der Waals surface area contributed by atoms with Crippen LogP contribution in [0, 0.1) is 5.41 Å². The van der Waals surface area contributed by atoms with Gasteiger partial charge in [0, 0.05) is 18.5 Å². The van der Waals surface area contributed by atoms with Crippen LogP contribution in [-0.4, -0.2) is 51.1 Å². The maximum atomic E-state index is 13.8. The largest absolute Gasteiger partial charge is 0.376 e. The van der Waals surface area contributed by atoms with Crippen LogP contribution in [0.25, 0.3) is 0 Å². The van der Waals surface area contributed by atoms with Crippen molar-refractivity contribution in [3.05, 3.63) is 96.1 Å². The van der Waals surface area contributed by atoms with Crippen LogP contribution < -0.4 is 10.0 Å². The molecule has 2 N–H and O–H groups in total. The van der Waals surface area contributed by atoms with Crippen LogP contribution >= 0.6 is 0 Å². The number of rotatable bonds is 12. The molecule has 3 aromatic carbocycles. The fourth-order valence-corrected chi connectivity index (χ4v) is 5.96. The highest BCUT2D eigenvalue weighted by molar-refractivity contribution is 7.90. The van der Waals surface area contributed by atoms with E-state index in [1.54, 1.807) is 12.1 Å². The van der Waals surface area contributed by atoms with Gasteiger partial charge in [-0.2, -0.15) is 0 Å². The molecule has 9 nitrogen and oxygen atoms in total. The molecule has 0 aliphatic carbocycles. The van der Waals surface area contributed by atoms with Gasteiger partial charge in [0.1, 0.15) is 11.0 Å². The van der Waals surface area contributed by atoms with Crippen LogP contribution in [0.2, 0.25) is 0 Å². The monoisotopic (exact) mass is 593 g/mol. The Bertz CT molecular complexity index is 1420. The Labute approximate surface area is 248 Å². The second kappa shape index (κ2) is 14.4. The van der Waals surface area contributed by atoms with E-state index < -0.39 is 33.5 Å². The van der Waals surface area contributed by atoms with Crippen LogP contribution in [0.4, 0.5) is 10.5 Å². The van der Waals surface area contributed by atoms with E-state index in [-0.39, 0.29) is 23.8 Å². The molecular formula is C32H39N3O6S. The van der Waals surface area contributed by atoms with E-state index in [4.69, 9.17) is 9.47 Å². The van der Waals surface area contributed by atoms with Gasteiger partial charge >= 0.3 is 6.03 Å². The number of hydrogen-bond donors (Lipinski definition) is 2. The van der Waals surface area contributed by atoms with Gasteiger partial charge in [0.25, 0.3) is 15.9 Å². The number of para-hydroxylation sites is 1. The lowest BCUT2D eigenvalue weighted by molar-refractivity contribution is -0.141. The highest BCUT2D eigenvalue weighted by atomic mass is 32.2. The van der Waals surface area contributed by atoms with E-state index in [2.05, 4.69) is 10.0 Å². The van der Waals surface area contributed by atoms with Crippen LogP contribution in [0.15, 0.2) is 89.8 Å². The second-order valence-electron chi connectivity index (χ2n) is 11.1. The summed E-state index contributed by atoms with van der Waals surface area (Å²) in [5.74, 6) is -0.524. The molecule has 1 heterocycles. The SMILES string of the molecule is CC(C)(COCc1ccccc1)C(OCc1ccccc1)C(=O)Nc1ccccc1S(=O)(=O)NC(=O)N1CCCCC1. The number of carbonyl (C=O) groups is 2. The lowest BCUT2D eigenvalue weighted by Gasteiger charge is -2.33. The number of carbonyl (C=O) groups excluding carboxylic acids is 2. The van der Waals surface area contributed by atoms with Crippen molar-refractivity contribution < 1.29 is 27.5 Å². The van der Waals surface area contributed by atoms with Crippen LogP contribution in [0.1, 0.15) is 44.2 Å². The van der Waals surface area contributed by atoms with Crippen molar-refractivity contribution >= 4 is 27.6 Å². The van der Waals surface area contributed by atoms with Crippen molar-refractivity contribution in [2.75, 3.05) is 25.0 Å². The number of hydrogen-bond acceptors (Lipinski definition) is 6. The van der Waals surface area contributed by atoms with Gasteiger partial charge in [-0.3, -0.25) is 4.79 Å². The van der Waals surface area contributed by atoms with Crippen molar-refractivity contribution in [2.45, 2.75) is 57.3 Å². The lowest BCUT2D eigenvalue weighted by Crippen LogP contribution is -2.46. The fourth-order valence-electron chi connectivity index (χ4n) is 4.83. The van der Waals surface area contributed by atoms with Crippen molar-refractivity contribution in [2.24, 2.45) is 5.41 Å². The van der Waals surface area contributed by atoms with Crippen LogP contribution in [0.5, 0.6) is 0 Å². The number of nitrogens with zero attached hydrogens (tertiary/aromatic N) is 1. The smallest absolute Gasteiger partial charge is 0.331 e. The fraction of sp³-hybridized carbons (Fsp3) is 0.375. The summed E-state index contributed by atoms with van der Waals surface area (Å²) >= 11 is 0. The zero-order chi connectivity index (χ0) is 30.0. The highest BCUT2D eigenvalue weighted by Gasteiger charge is 2.37. The maximum absolute atomic E-state index is 13.8. The Morgan fingerprint density at radius 3 is 2.05 bits per heavy atom. The van der Waals surface area contributed by atoms with E-state index in [1.165, 1.54) is 17.0 Å². The summed E-state index contributed by atoms with van der Waals surface area (Å²) in [5, 5.41) is 2.76. The van der Waals surface area contributed by atoms with E-state index in [1.807, 2.05) is 74.5 Å². The van der Waals surface area contributed by atoms with Crippen molar-refractivity contribution in [1.82, 2.24) is 9.62 Å². The summed E-state index contributed by atoms with van der Waals surface area (Å²) in [4.78, 5) is 27.8. The molecule has 1 aliphatic heterocycles. The summed E-state index contributed by atoms with van der Waals surface area (Å²) in [5.41, 5.74) is 1.16. The van der Waals surface area contributed by atoms with Crippen molar-refractivity contribution in [1.29, 1.82) is 0 Å². The third-order valence-electron chi connectivity index (χ3n) is 7.09. The average Bonchev–Trinajstić information content (AvgIpc) is 2.98. The molecular weight excluding hydrogens is 554 g/mol. The number of nitrogens with one attached hydrogen (secondary N) is 2. The topological polar surface area (TPSA) is 114 Å². The summed E-state index contributed by atoms with van der Waals surface area (Å²) in [7, 11) is -4.27. The Balaban J connectivity index is 1.51. The third kappa shape index (κ3) is 8.64. The summed E-state index contributed by atoms with van der Waals surface area (Å²) in [6, 6.07) is 24.6. The molecule has 224 valence electrons. The van der Waals surface area contributed by atoms with Crippen molar-refractivity contribution in [3.63, 3.8) is 0 Å². The summed E-state index contributed by atoms with van der Waals surface area (Å²) < 4.78 is 40.9. The third-order valence-corrected chi connectivity index (χ3v) is 8.47. The molecule has 0 aromatic heterocycles. The molecule has 42 heavy (non-hydrogen) atoms.